The van der Waals surface area contributed by atoms with Crippen LogP contribution in [0.15, 0.2) is 179 Å². The van der Waals surface area contributed by atoms with Gasteiger partial charge in [-0.2, -0.15) is 0 Å². The quantitative estimate of drug-likeness (QED) is 0.137. The van der Waals surface area contributed by atoms with Crippen molar-refractivity contribution < 1.29 is 13.6 Å². The number of nitrogens with zero attached hydrogens (tertiary/aromatic N) is 1. The fraction of sp³-hybridized carbons (Fsp3) is 0.250. The fourth-order valence-electron chi connectivity index (χ4n) is 8.53. The van der Waals surface area contributed by atoms with Gasteiger partial charge >= 0.3 is 5.69 Å². The first-order chi connectivity index (χ1) is 27.3. The van der Waals surface area contributed by atoms with Crippen LogP contribution in [-0.2, 0) is 20.0 Å². The molecule has 1 aliphatic rings. The first kappa shape index (κ1) is 39.9. The van der Waals surface area contributed by atoms with Gasteiger partial charge in [0.05, 0.1) is 6.61 Å². The zero-order valence-electron chi connectivity index (χ0n) is 33.6. The number of benzene rings is 5. The molecule has 292 valence electrons. The maximum atomic E-state index is 13.7. The molecule has 0 fully saturated rings. The van der Waals surface area contributed by atoms with E-state index in [1.165, 1.54) is 16.8 Å². The summed E-state index contributed by atoms with van der Waals surface area (Å²) >= 11 is 0. The SMILES string of the molecule is CC(C)(C)[Si](OC[C@H]1OC(n2ccc(=O)[nH]c2=O)=C(Cc2ccccc2)[C@@H]1O[Si](c1ccccc1)(c1ccccc1)C(C)(C)C)(c1ccccc1)c1ccccc1. The molecule has 0 radical (unpaired) electrons. The van der Waals surface area contributed by atoms with Gasteiger partial charge in [0.15, 0.2) is 6.10 Å². The molecule has 6 aromatic rings. The van der Waals surface area contributed by atoms with Gasteiger partial charge in [0, 0.05) is 24.3 Å². The lowest BCUT2D eigenvalue weighted by Crippen LogP contribution is -2.69. The van der Waals surface area contributed by atoms with Gasteiger partial charge < -0.3 is 13.6 Å². The highest BCUT2D eigenvalue weighted by atomic mass is 28.4. The number of hydrogen-bond acceptors (Lipinski definition) is 5. The smallest absolute Gasteiger partial charge is 0.335 e. The van der Waals surface area contributed by atoms with Crippen LogP contribution in [0.5, 0.6) is 0 Å². The molecule has 0 aliphatic carbocycles. The summed E-state index contributed by atoms with van der Waals surface area (Å²) in [6.45, 7) is 13.7. The van der Waals surface area contributed by atoms with Gasteiger partial charge in [-0.1, -0.05) is 193 Å². The average Bonchev–Trinajstić information content (AvgIpc) is 3.53. The Balaban J connectivity index is 1.46. The van der Waals surface area contributed by atoms with E-state index in [0.29, 0.717) is 12.3 Å². The Hall–Kier alpha value is -5.33. The summed E-state index contributed by atoms with van der Waals surface area (Å²) in [6.07, 6.45) is 0.622. The largest absolute Gasteiger partial charge is 0.470 e. The maximum absolute atomic E-state index is 13.7. The van der Waals surface area contributed by atoms with E-state index in [9.17, 15) is 9.59 Å². The van der Waals surface area contributed by atoms with Crippen LogP contribution in [-0.4, -0.2) is 45.0 Å². The van der Waals surface area contributed by atoms with Gasteiger partial charge in [0.2, 0.25) is 5.88 Å². The van der Waals surface area contributed by atoms with E-state index in [1.54, 1.807) is 0 Å². The summed E-state index contributed by atoms with van der Waals surface area (Å²) < 4.78 is 24.1. The fourth-order valence-corrected chi connectivity index (χ4v) is 17.8. The molecule has 7 nitrogen and oxygen atoms in total. The molecule has 5 aromatic carbocycles. The van der Waals surface area contributed by atoms with Crippen LogP contribution in [0, 0.1) is 0 Å². The molecular formula is C48H52N2O5Si2. The molecule has 9 heteroatoms. The van der Waals surface area contributed by atoms with E-state index in [1.807, 2.05) is 42.5 Å². The highest BCUT2D eigenvalue weighted by molar-refractivity contribution is 7.00. The van der Waals surface area contributed by atoms with E-state index in [2.05, 4.69) is 156 Å². The number of hydrogen-bond donors (Lipinski definition) is 1. The summed E-state index contributed by atoms with van der Waals surface area (Å²) in [4.78, 5) is 28.5. The van der Waals surface area contributed by atoms with E-state index in [0.717, 1.165) is 31.9 Å². The van der Waals surface area contributed by atoms with Crippen LogP contribution in [0.3, 0.4) is 0 Å². The number of rotatable bonds is 12. The Morgan fingerprint density at radius 3 is 1.44 bits per heavy atom. The van der Waals surface area contributed by atoms with Crippen LogP contribution in [0.1, 0.15) is 47.1 Å². The minimum absolute atomic E-state index is 0.177. The van der Waals surface area contributed by atoms with E-state index >= 15 is 0 Å². The highest BCUT2D eigenvalue weighted by Crippen LogP contribution is 2.43. The summed E-state index contributed by atoms with van der Waals surface area (Å²) in [5.41, 5.74) is 0.780. The van der Waals surface area contributed by atoms with Crippen molar-refractivity contribution in [3.8, 4) is 0 Å². The lowest BCUT2D eigenvalue weighted by Gasteiger charge is -2.46. The number of nitrogens with one attached hydrogen (secondary N) is 1. The van der Waals surface area contributed by atoms with Gasteiger partial charge in [0.1, 0.15) is 6.10 Å². The summed E-state index contributed by atoms with van der Waals surface area (Å²) in [6, 6.07) is 53.8. The van der Waals surface area contributed by atoms with Crippen LogP contribution in [0.4, 0.5) is 0 Å². The molecule has 0 amide bonds. The second-order valence-electron chi connectivity index (χ2n) is 16.8. The third kappa shape index (κ3) is 7.72. The zero-order valence-corrected chi connectivity index (χ0v) is 35.6. The number of ether oxygens (including phenoxy) is 1. The molecule has 0 bridgehead atoms. The van der Waals surface area contributed by atoms with Crippen LogP contribution < -0.4 is 32.0 Å². The van der Waals surface area contributed by atoms with Crippen molar-refractivity contribution in [1.82, 2.24) is 9.55 Å². The molecule has 1 aromatic heterocycles. The predicted molar refractivity (Wildman–Crippen MR) is 236 cm³/mol. The average molecular weight is 793 g/mol. The van der Waals surface area contributed by atoms with Gasteiger partial charge in [-0.25, -0.2) is 9.36 Å². The summed E-state index contributed by atoms with van der Waals surface area (Å²) in [5, 5.41) is 3.92. The van der Waals surface area contributed by atoms with Crippen LogP contribution in [0.2, 0.25) is 10.1 Å². The summed E-state index contributed by atoms with van der Waals surface area (Å²) in [7, 11) is -6.26. The van der Waals surface area contributed by atoms with Crippen molar-refractivity contribution in [2.24, 2.45) is 0 Å². The molecule has 0 saturated carbocycles. The Morgan fingerprint density at radius 2 is 1.02 bits per heavy atom. The third-order valence-electron chi connectivity index (χ3n) is 11.1. The molecular weight excluding hydrogens is 741 g/mol. The molecule has 0 unspecified atom stereocenters. The van der Waals surface area contributed by atoms with Gasteiger partial charge in [-0.05, 0) is 36.4 Å². The first-order valence-electron chi connectivity index (χ1n) is 19.6. The zero-order chi connectivity index (χ0) is 40.3. The topological polar surface area (TPSA) is 82.5 Å². The van der Waals surface area contributed by atoms with Gasteiger partial charge in [-0.15, -0.1) is 0 Å². The Morgan fingerprint density at radius 1 is 0.596 bits per heavy atom. The van der Waals surface area contributed by atoms with Crippen molar-refractivity contribution in [3.05, 3.63) is 196 Å². The van der Waals surface area contributed by atoms with Gasteiger partial charge in [0.25, 0.3) is 22.2 Å². The van der Waals surface area contributed by atoms with Gasteiger partial charge in [-0.3, -0.25) is 9.78 Å². The monoisotopic (exact) mass is 792 g/mol. The molecule has 0 saturated heterocycles. The van der Waals surface area contributed by atoms with Crippen molar-refractivity contribution in [1.29, 1.82) is 0 Å². The standard InChI is InChI=1S/C48H52N2O5Si2/c1-47(2,3)56(37-24-14-8-15-25-37,38-26-16-9-17-27-38)53-35-42-44(55-57(48(4,5)6,39-28-18-10-19-29-39)40-30-20-11-21-31-40)41(34-36-22-12-7-13-23-36)45(54-42)50-33-32-43(51)49-46(50)52/h7-33,42,44H,34-35H2,1-6H3,(H,49,51,52)/t42-,44+/m1/s1. The summed E-state index contributed by atoms with van der Waals surface area (Å²) in [5.74, 6) is 0.346. The molecule has 0 spiro atoms. The normalized spacial score (nSPS) is 16.4. The predicted octanol–water partition coefficient (Wildman–Crippen LogP) is 6.87. The van der Waals surface area contributed by atoms with Crippen LogP contribution in [0.25, 0.3) is 5.88 Å². The van der Waals surface area contributed by atoms with E-state index in [4.69, 9.17) is 13.6 Å². The van der Waals surface area contributed by atoms with Crippen LogP contribution >= 0.6 is 0 Å². The van der Waals surface area contributed by atoms with Crippen molar-refractivity contribution in [3.63, 3.8) is 0 Å². The van der Waals surface area contributed by atoms with Crippen molar-refractivity contribution >= 4 is 43.3 Å². The maximum Gasteiger partial charge on any atom is 0.335 e. The Bertz CT molecular complexity index is 2330. The Kier molecular flexibility index (Phi) is 11.4. The molecule has 7 rings (SSSR count). The third-order valence-corrected chi connectivity index (χ3v) is 21.1. The minimum atomic E-state index is -3.21. The second kappa shape index (κ2) is 16.3. The molecule has 57 heavy (non-hydrogen) atoms. The molecule has 2 heterocycles. The van der Waals surface area contributed by atoms with Crippen molar-refractivity contribution in [2.75, 3.05) is 6.61 Å². The molecule has 2 atom stereocenters. The van der Waals surface area contributed by atoms with E-state index in [-0.39, 0.29) is 16.7 Å². The number of aromatic amines is 1. The Labute approximate surface area is 337 Å². The van der Waals surface area contributed by atoms with E-state index < -0.39 is 40.1 Å². The second-order valence-corrected chi connectivity index (χ2v) is 25.4. The molecule has 1 aliphatic heterocycles. The highest BCUT2D eigenvalue weighted by Gasteiger charge is 2.56. The molecule has 1 N–H and O–H groups in total. The minimum Gasteiger partial charge on any atom is -0.470 e. The lowest BCUT2D eigenvalue weighted by atomic mass is 9.99. The lowest BCUT2D eigenvalue weighted by molar-refractivity contribution is 0.0340. The number of H-pyrrole nitrogens is 1. The number of aromatic nitrogens is 2. The van der Waals surface area contributed by atoms with Crippen molar-refractivity contribution in [2.45, 2.75) is 70.2 Å². The first-order valence-corrected chi connectivity index (χ1v) is 23.5.